The molecule has 1 atom stereocenters. The third-order valence-electron chi connectivity index (χ3n) is 4.33. The second kappa shape index (κ2) is 6.02. The van der Waals surface area contributed by atoms with Gasteiger partial charge in [0.15, 0.2) is 0 Å². The van der Waals surface area contributed by atoms with Gasteiger partial charge in [-0.05, 0) is 42.4 Å². The molecule has 1 saturated carbocycles. The molecule has 0 spiro atoms. The van der Waals surface area contributed by atoms with Crippen LogP contribution in [0.15, 0.2) is 18.2 Å². The highest BCUT2D eigenvalue weighted by molar-refractivity contribution is 5.69. The third kappa shape index (κ3) is 3.35. The standard InChI is InChI=1S/C16H20FNO3/c17-12-3-4-13(14(10-16(19)20)11-1-2-11)15(9-12)18-5-7-21-8-6-18/h3-4,9,11,14H,1-2,5-8,10H2,(H,19,20). The Hall–Kier alpha value is -1.62. The highest BCUT2D eigenvalue weighted by Crippen LogP contribution is 2.47. The van der Waals surface area contributed by atoms with Crippen molar-refractivity contribution in [3.63, 3.8) is 0 Å². The number of morpholine rings is 1. The van der Waals surface area contributed by atoms with E-state index in [0.29, 0.717) is 19.1 Å². The van der Waals surface area contributed by atoms with Gasteiger partial charge in [-0.15, -0.1) is 0 Å². The molecule has 1 aliphatic carbocycles. The van der Waals surface area contributed by atoms with Crippen molar-refractivity contribution < 1.29 is 19.0 Å². The molecule has 1 aromatic carbocycles. The van der Waals surface area contributed by atoms with E-state index in [4.69, 9.17) is 4.74 Å². The average molecular weight is 293 g/mol. The molecule has 21 heavy (non-hydrogen) atoms. The van der Waals surface area contributed by atoms with E-state index in [9.17, 15) is 14.3 Å². The molecule has 0 amide bonds. The number of benzene rings is 1. The van der Waals surface area contributed by atoms with E-state index in [1.54, 1.807) is 6.07 Å². The highest BCUT2D eigenvalue weighted by atomic mass is 19.1. The predicted octanol–water partition coefficient (Wildman–Crippen LogP) is 2.63. The molecule has 5 heteroatoms. The molecule has 114 valence electrons. The number of anilines is 1. The zero-order valence-corrected chi connectivity index (χ0v) is 11.9. The number of rotatable bonds is 5. The third-order valence-corrected chi connectivity index (χ3v) is 4.33. The maximum absolute atomic E-state index is 13.7. The van der Waals surface area contributed by atoms with Crippen molar-refractivity contribution in [1.29, 1.82) is 0 Å². The van der Waals surface area contributed by atoms with Gasteiger partial charge in [0.25, 0.3) is 0 Å². The first-order valence-corrected chi connectivity index (χ1v) is 7.49. The molecule has 0 aromatic heterocycles. The maximum atomic E-state index is 13.7. The van der Waals surface area contributed by atoms with E-state index in [0.717, 1.165) is 37.2 Å². The smallest absolute Gasteiger partial charge is 0.303 e. The average Bonchev–Trinajstić information content (AvgIpc) is 3.30. The van der Waals surface area contributed by atoms with Crippen molar-refractivity contribution in [3.8, 4) is 0 Å². The Labute approximate surface area is 123 Å². The minimum Gasteiger partial charge on any atom is -0.481 e. The van der Waals surface area contributed by atoms with Crippen LogP contribution in [0.25, 0.3) is 0 Å². The van der Waals surface area contributed by atoms with Crippen LogP contribution in [0.5, 0.6) is 0 Å². The van der Waals surface area contributed by atoms with Crippen molar-refractivity contribution >= 4 is 11.7 Å². The van der Waals surface area contributed by atoms with Crippen LogP contribution in [0.3, 0.4) is 0 Å². The van der Waals surface area contributed by atoms with Gasteiger partial charge in [0.1, 0.15) is 5.82 Å². The second-order valence-corrected chi connectivity index (χ2v) is 5.84. The number of carboxylic acids is 1. The Kier molecular flexibility index (Phi) is 4.10. The zero-order valence-electron chi connectivity index (χ0n) is 11.9. The maximum Gasteiger partial charge on any atom is 0.303 e. The zero-order chi connectivity index (χ0) is 14.8. The van der Waals surface area contributed by atoms with Gasteiger partial charge in [-0.3, -0.25) is 4.79 Å². The van der Waals surface area contributed by atoms with Gasteiger partial charge >= 0.3 is 5.97 Å². The Bertz CT molecular complexity index is 524. The van der Waals surface area contributed by atoms with Crippen LogP contribution in [0.1, 0.15) is 30.7 Å². The van der Waals surface area contributed by atoms with E-state index in [-0.39, 0.29) is 18.2 Å². The molecule has 1 unspecified atom stereocenters. The summed E-state index contributed by atoms with van der Waals surface area (Å²) in [6, 6.07) is 4.75. The van der Waals surface area contributed by atoms with Crippen molar-refractivity contribution in [3.05, 3.63) is 29.6 Å². The first-order chi connectivity index (χ1) is 10.1. The van der Waals surface area contributed by atoms with E-state index in [1.165, 1.54) is 12.1 Å². The molecular weight excluding hydrogens is 273 g/mol. The molecule has 1 saturated heterocycles. The summed E-state index contributed by atoms with van der Waals surface area (Å²) in [7, 11) is 0. The summed E-state index contributed by atoms with van der Waals surface area (Å²) < 4.78 is 19.0. The fourth-order valence-electron chi connectivity index (χ4n) is 3.13. The number of carbonyl (C=O) groups is 1. The molecule has 3 rings (SSSR count). The van der Waals surface area contributed by atoms with Gasteiger partial charge in [-0.2, -0.15) is 0 Å². The number of hydrogen-bond donors (Lipinski definition) is 1. The molecule has 4 nitrogen and oxygen atoms in total. The van der Waals surface area contributed by atoms with Crippen LogP contribution in [-0.4, -0.2) is 37.4 Å². The molecule has 1 aliphatic heterocycles. The normalized spacial score (nSPS) is 20.3. The Morgan fingerprint density at radius 3 is 2.71 bits per heavy atom. The molecular formula is C16H20FNO3. The Balaban J connectivity index is 1.93. The fraction of sp³-hybridized carbons (Fsp3) is 0.562. The van der Waals surface area contributed by atoms with Crippen molar-refractivity contribution in [1.82, 2.24) is 0 Å². The molecule has 1 N–H and O–H groups in total. The first kappa shape index (κ1) is 14.3. The number of halogens is 1. The van der Waals surface area contributed by atoms with Crippen LogP contribution in [-0.2, 0) is 9.53 Å². The lowest BCUT2D eigenvalue weighted by molar-refractivity contribution is -0.137. The number of ether oxygens (including phenoxy) is 1. The Morgan fingerprint density at radius 2 is 2.10 bits per heavy atom. The van der Waals surface area contributed by atoms with Gasteiger partial charge in [-0.25, -0.2) is 4.39 Å². The molecule has 0 bridgehead atoms. The van der Waals surface area contributed by atoms with E-state index >= 15 is 0 Å². The lowest BCUT2D eigenvalue weighted by Crippen LogP contribution is -2.37. The lowest BCUT2D eigenvalue weighted by atomic mass is 9.89. The Morgan fingerprint density at radius 1 is 1.38 bits per heavy atom. The molecule has 1 heterocycles. The summed E-state index contributed by atoms with van der Waals surface area (Å²) in [6.45, 7) is 2.70. The van der Waals surface area contributed by atoms with E-state index < -0.39 is 5.97 Å². The molecule has 2 fully saturated rings. The van der Waals surface area contributed by atoms with Crippen molar-refractivity contribution in [2.75, 3.05) is 31.2 Å². The molecule has 2 aliphatic rings. The summed E-state index contributed by atoms with van der Waals surface area (Å²) in [6.07, 6.45) is 2.25. The SMILES string of the molecule is O=C(O)CC(c1ccc(F)cc1N1CCOCC1)C1CC1. The van der Waals surface area contributed by atoms with Crippen LogP contribution in [0, 0.1) is 11.7 Å². The number of hydrogen-bond acceptors (Lipinski definition) is 3. The van der Waals surface area contributed by atoms with Crippen LogP contribution in [0.4, 0.5) is 10.1 Å². The number of nitrogens with zero attached hydrogens (tertiary/aromatic N) is 1. The van der Waals surface area contributed by atoms with Gasteiger partial charge in [0, 0.05) is 18.8 Å². The summed E-state index contributed by atoms with van der Waals surface area (Å²) in [5, 5.41) is 9.17. The molecule has 1 aromatic rings. The monoisotopic (exact) mass is 293 g/mol. The molecule has 0 radical (unpaired) electrons. The minimum atomic E-state index is -0.788. The van der Waals surface area contributed by atoms with Gasteiger partial charge < -0.3 is 14.7 Å². The fourth-order valence-corrected chi connectivity index (χ4v) is 3.13. The minimum absolute atomic E-state index is 0.0130. The van der Waals surface area contributed by atoms with E-state index in [2.05, 4.69) is 4.90 Å². The van der Waals surface area contributed by atoms with Gasteiger partial charge in [0.05, 0.1) is 19.6 Å². The van der Waals surface area contributed by atoms with Crippen LogP contribution < -0.4 is 4.90 Å². The summed E-state index contributed by atoms with van der Waals surface area (Å²) >= 11 is 0. The van der Waals surface area contributed by atoms with Crippen molar-refractivity contribution in [2.24, 2.45) is 5.92 Å². The highest BCUT2D eigenvalue weighted by Gasteiger charge is 2.35. The van der Waals surface area contributed by atoms with Gasteiger partial charge in [0.2, 0.25) is 0 Å². The summed E-state index contributed by atoms with van der Waals surface area (Å²) in [5.41, 5.74) is 1.82. The van der Waals surface area contributed by atoms with Crippen molar-refractivity contribution in [2.45, 2.75) is 25.2 Å². The predicted molar refractivity (Wildman–Crippen MR) is 77.1 cm³/mol. The second-order valence-electron chi connectivity index (χ2n) is 5.84. The number of carboxylic acid groups (broad SMARTS) is 1. The largest absolute Gasteiger partial charge is 0.481 e. The van der Waals surface area contributed by atoms with E-state index in [1.807, 2.05) is 0 Å². The topological polar surface area (TPSA) is 49.8 Å². The van der Waals surface area contributed by atoms with Crippen LogP contribution >= 0.6 is 0 Å². The first-order valence-electron chi connectivity index (χ1n) is 7.49. The van der Waals surface area contributed by atoms with Crippen LogP contribution in [0.2, 0.25) is 0 Å². The lowest BCUT2D eigenvalue weighted by Gasteiger charge is -2.32. The summed E-state index contributed by atoms with van der Waals surface area (Å²) in [4.78, 5) is 13.3. The summed E-state index contributed by atoms with van der Waals surface area (Å²) in [5.74, 6) is -0.651. The number of aliphatic carboxylic acids is 1. The quantitative estimate of drug-likeness (QED) is 0.906. The van der Waals surface area contributed by atoms with Gasteiger partial charge in [-0.1, -0.05) is 6.07 Å².